The molecule has 1 heterocycles. The molecule has 0 fully saturated rings. The Morgan fingerprint density at radius 2 is 2.05 bits per heavy atom. The van der Waals surface area contributed by atoms with E-state index in [1.807, 2.05) is 19.3 Å². The first-order chi connectivity index (χ1) is 9.16. The first-order valence-corrected chi connectivity index (χ1v) is 6.04. The number of aryl methyl sites for hydroxylation is 1. The molecule has 0 aliphatic carbocycles. The van der Waals surface area contributed by atoms with Gasteiger partial charge < -0.3 is 20.4 Å². The molecule has 1 amide bonds. The van der Waals surface area contributed by atoms with Crippen LogP contribution in [0.5, 0.6) is 5.75 Å². The van der Waals surface area contributed by atoms with Crippen LogP contribution in [0.1, 0.15) is 10.5 Å². The summed E-state index contributed by atoms with van der Waals surface area (Å²) in [4.78, 5) is 11.8. The van der Waals surface area contributed by atoms with E-state index in [2.05, 4.69) is 5.32 Å². The maximum atomic E-state index is 11.8. The average molecular weight is 259 g/mol. The molecule has 0 saturated carbocycles. The Balaban J connectivity index is 1.74. The Bertz CT molecular complexity index is 546. The van der Waals surface area contributed by atoms with E-state index in [9.17, 15) is 4.79 Å². The van der Waals surface area contributed by atoms with Gasteiger partial charge in [0.2, 0.25) is 0 Å². The van der Waals surface area contributed by atoms with E-state index in [1.165, 1.54) is 0 Å². The lowest BCUT2D eigenvalue weighted by Crippen LogP contribution is -2.29. The minimum absolute atomic E-state index is 0.103. The van der Waals surface area contributed by atoms with Crippen LogP contribution in [0.15, 0.2) is 42.6 Å². The largest absolute Gasteiger partial charge is 0.492 e. The van der Waals surface area contributed by atoms with Crippen molar-refractivity contribution in [1.82, 2.24) is 9.88 Å². The molecule has 0 aliphatic rings. The molecule has 5 heteroatoms. The predicted octanol–water partition coefficient (Wildman–Crippen LogP) is 1.42. The monoisotopic (exact) mass is 259 g/mol. The molecule has 3 N–H and O–H groups in total. The molecule has 0 radical (unpaired) electrons. The molecule has 1 aromatic heterocycles. The van der Waals surface area contributed by atoms with Crippen molar-refractivity contribution in [1.29, 1.82) is 0 Å². The van der Waals surface area contributed by atoms with E-state index >= 15 is 0 Å². The third-order valence-corrected chi connectivity index (χ3v) is 2.71. The van der Waals surface area contributed by atoms with Gasteiger partial charge in [-0.1, -0.05) is 0 Å². The van der Waals surface area contributed by atoms with E-state index < -0.39 is 0 Å². The van der Waals surface area contributed by atoms with Crippen LogP contribution in [0.4, 0.5) is 5.69 Å². The maximum absolute atomic E-state index is 11.8. The number of aromatic nitrogens is 1. The number of nitrogens with zero attached hydrogens (tertiary/aromatic N) is 1. The fourth-order valence-electron chi connectivity index (χ4n) is 1.69. The van der Waals surface area contributed by atoms with E-state index in [0.717, 1.165) is 5.75 Å². The number of nitrogen functional groups attached to an aromatic ring is 1. The van der Waals surface area contributed by atoms with E-state index in [1.54, 1.807) is 34.9 Å². The first-order valence-electron chi connectivity index (χ1n) is 6.04. The molecule has 0 bridgehead atoms. The van der Waals surface area contributed by atoms with Crippen molar-refractivity contribution in [3.05, 3.63) is 48.3 Å². The number of nitrogens with two attached hydrogens (primary N) is 1. The molecule has 0 aliphatic heterocycles. The van der Waals surface area contributed by atoms with Gasteiger partial charge in [-0.3, -0.25) is 4.79 Å². The number of hydrogen-bond acceptors (Lipinski definition) is 3. The van der Waals surface area contributed by atoms with Crippen LogP contribution in [0, 0.1) is 0 Å². The molecule has 19 heavy (non-hydrogen) atoms. The van der Waals surface area contributed by atoms with Gasteiger partial charge in [-0.2, -0.15) is 0 Å². The first kappa shape index (κ1) is 13.0. The molecule has 2 aromatic rings. The highest BCUT2D eigenvalue weighted by Crippen LogP contribution is 2.12. The molecule has 1 aromatic carbocycles. The van der Waals surface area contributed by atoms with Crippen molar-refractivity contribution >= 4 is 11.6 Å². The van der Waals surface area contributed by atoms with Crippen LogP contribution in [-0.2, 0) is 7.05 Å². The predicted molar refractivity (Wildman–Crippen MR) is 74.1 cm³/mol. The van der Waals surface area contributed by atoms with Gasteiger partial charge in [0.15, 0.2) is 0 Å². The number of carbonyl (C=O) groups is 1. The normalized spacial score (nSPS) is 10.2. The Hall–Kier alpha value is -2.43. The summed E-state index contributed by atoms with van der Waals surface area (Å²) >= 11 is 0. The van der Waals surface area contributed by atoms with Gasteiger partial charge >= 0.3 is 0 Å². The summed E-state index contributed by atoms with van der Waals surface area (Å²) in [6.45, 7) is 0.870. The number of carbonyl (C=O) groups excluding carboxylic acids is 1. The number of anilines is 1. The van der Waals surface area contributed by atoms with Crippen LogP contribution < -0.4 is 15.8 Å². The fraction of sp³-hybridized carbons (Fsp3) is 0.214. The SMILES string of the molecule is Cn1cccc1C(=O)NCCOc1ccc(N)cc1. The Kier molecular flexibility index (Phi) is 4.07. The number of rotatable bonds is 5. The number of benzene rings is 1. The number of ether oxygens (including phenoxy) is 1. The van der Waals surface area contributed by atoms with Gasteiger partial charge in [0, 0.05) is 18.9 Å². The molecule has 5 nitrogen and oxygen atoms in total. The molecule has 0 spiro atoms. The molecule has 2 rings (SSSR count). The average Bonchev–Trinajstić information content (AvgIpc) is 2.83. The van der Waals surface area contributed by atoms with Gasteiger partial charge in [-0.05, 0) is 36.4 Å². The lowest BCUT2D eigenvalue weighted by molar-refractivity contribution is 0.0939. The Morgan fingerprint density at radius 1 is 1.32 bits per heavy atom. The van der Waals surface area contributed by atoms with Crippen molar-refractivity contribution in [2.75, 3.05) is 18.9 Å². The third kappa shape index (κ3) is 3.51. The van der Waals surface area contributed by atoms with Crippen molar-refractivity contribution < 1.29 is 9.53 Å². The smallest absolute Gasteiger partial charge is 0.268 e. The minimum Gasteiger partial charge on any atom is -0.492 e. The van der Waals surface area contributed by atoms with E-state index in [0.29, 0.717) is 24.5 Å². The maximum Gasteiger partial charge on any atom is 0.268 e. The van der Waals surface area contributed by atoms with Gasteiger partial charge in [0.05, 0.1) is 6.54 Å². The summed E-state index contributed by atoms with van der Waals surface area (Å²) < 4.78 is 7.26. The molecule has 100 valence electrons. The molecule has 0 saturated heterocycles. The van der Waals surface area contributed by atoms with E-state index in [4.69, 9.17) is 10.5 Å². The highest BCUT2D eigenvalue weighted by atomic mass is 16.5. The molecular weight excluding hydrogens is 242 g/mol. The molecular formula is C14H17N3O2. The van der Waals surface area contributed by atoms with Crippen LogP contribution in [0.2, 0.25) is 0 Å². The Morgan fingerprint density at radius 3 is 2.68 bits per heavy atom. The van der Waals surface area contributed by atoms with Crippen molar-refractivity contribution in [3.63, 3.8) is 0 Å². The zero-order chi connectivity index (χ0) is 13.7. The third-order valence-electron chi connectivity index (χ3n) is 2.71. The lowest BCUT2D eigenvalue weighted by atomic mass is 10.3. The number of nitrogens with one attached hydrogen (secondary N) is 1. The number of amides is 1. The summed E-state index contributed by atoms with van der Waals surface area (Å²) in [5, 5.41) is 2.80. The minimum atomic E-state index is -0.103. The highest BCUT2D eigenvalue weighted by molar-refractivity contribution is 5.92. The van der Waals surface area contributed by atoms with Crippen LogP contribution in [0.25, 0.3) is 0 Å². The second-order valence-electron chi connectivity index (χ2n) is 4.18. The lowest BCUT2D eigenvalue weighted by Gasteiger charge is -2.08. The zero-order valence-electron chi connectivity index (χ0n) is 10.8. The summed E-state index contributed by atoms with van der Waals surface area (Å²) in [7, 11) is 1.83. The van der Waals surface area contributed by atoms with Gasteiger partial charge in [-0.25, -0.2) is 0 Å². The number of hydrogen-bond donors (Lipinski definition) is 2. The summed E-state index contributed by atoms with van der Waals surface area (Å²) in [6, 6.07) is 10.8. The Labute approximate surface area is 112 Å². The zero-order valence-corrected chi connectivity index (χ0v) is 10.8. The van der Waals surface area contributed by atoms with Gasteiger partial charge in [-0.15, -0.1) is 0 Å². The van der Waals surface area contributed by atoms with Crippen molar-refractivity contribution in [3.8, 4) is 5.75 Å². The quantitative estimate of drug-likeness (QED) is 0.630. The molecule has 0 unspecified atom stereocenters. The molecule has 0 atom stereocenters. The standard InChI is InChI=1S/C14H17N3O2/c1-17-9-2-3-13(17)14(18)16-8-10-19-12-6-4-11(15)5-7-12/h2-7,9H,8,10,15H2,1H3,(H,16,18). The highest BCUT2D eigenvalue weighted by Gasteiger charge is 2.07. The van der Waals surface area contributed by atoms with Crippen LogP contribution >= 0.6 is 0 Å². The van der Waals surface area contributed by atoms with Gasteiger partial charge in [0.1, 0.15) is 18.1 Å². The second-order valence-corrected chi connectivity index (χ2v) is 4.18. The van der Waals surface area contributed by atoms with Crippen LogP contribution in [0.3, 0.4) is 0 Å². The second kappa shape index (κ2) is 5.95. The van der Waals surface area contributed by atoms with Crippen LogP contribution in [-0.4, -0.2) is 23.6 Å². The van der Waals surface area contributed by atoms with E-state index in [-0.39, 0.29) is 5.91 Å². The summed E-state index contributed by atoms with van der Waals surface area (Å²) in [5.41, 5.74) is 6.91. The van der Waals surface area contributed by atoms with Crippen molar-refractivity contribution in [2.45, 2.75) is 0 Å². The van der Waals surface area contributed by atoms with Crippen molar-refractivity contribution in [2.24, 2.45) is 7.05 Å². The summed E-state index contributed by atoms with van der Waals surface area (Å²) in [5.74, 6) is 0.635. The summed E-state index contributed by atoms with van der Waals surface area (Å²) in [6.07, 6.45) is 1.83. The fourth-order valence-corrected chi connectivity index (χ4v) is 1.69. The topological polar surface area (TPSA) is 69.3 Å². The van der Waals surface area contributed by atoms with Gasteiger partial charge in [0.25, 0.3) is 5.91 Å².